The molecule has 38 heavy (non-hydrogen) atoms. The van der Waals surface area contributed by atoms with E-state index in [-0.39, 0.29) is 23.0 Å². The highest BCUT2D eigenvalue weighted by Gasteiger charge is 2.33. The number of benzene rings is 3. The molecule has 0 saturated heterocycles. The van der Waals surface area contributed by atoms with Crippen LogP contribution in [0, 0.1) is 0 Å². The zero-order valence-electron chi connectivity index (χ0n) is 21.7. The highest BCUT2D eigenvalue weighted by molar-refractivity contribution is 7.92. The largest absolute Gasteiger partial charge is 0.354 e. The minimum absolute atomic E-state index is 0.0479. The summed E-state index contributed by atoms with van der Waals surface area (Å²) in [5, 5.41) is 3.26. The van der Waals surface area contributed by atoms with Crippen molar-refractivity contribution in [3.05, 3.63) is 95.5 Å². The van der Waals surface area contributed by atoms with Gasteiger partial charge in [-0.25, -0.2) is 8.42 Å². The average Bonchev–Trinajstić information content (AvgIpc) is 2.92. The molecule has 1 atom stereocenters. The molecule has 0 fully saturated rings. The lowest BCUT2D eigenvalue weighted by atomic mass is 10.1. The molecule has 0 heterocycles. The van der Waals surface area contributed by atoms with Gasteiger partial charge in [0, 0.05) is 18.1 Å². The number of unbranched alkanes of at least 4 members (excludes halogenated alkanes) is 1. The van der Waals surface area contributed by atoms with E-state index in [1.165, 1.54) is 23.1 Å². The molecule has 0 aromatic heterocycles. The van der Waals surface area contributed by atoms with Gasteiger partial charge in [-0.3, -0.25) is 13.9 Å². The van der Waals surface area contributed by atoms with E-state index in [1.54, 1.807) is 36.4 Å². The number of halogens is 1. The second kappa shape index (κ2) is 14.0. The molecule has 0 aliphatic heterocycles. The molecule has 0 aliphatic carbocycles. The summed E-state index contributed by atoms with van der Waals surface area (Å²) in [6, 6.07) is 22.9. The normalized spacial score (nSPS) is 12.0. The molecule has 9 heteroatoms. The Morgan fingerprint density at radius 1 is 0.921 bits per heavy atom. The van der Waals surface area contributed by atoms with E-state index >= 15 is 0 Å². The third-order valence-electron chi connectivity index (χ3n) is 6.12. The summed E-state index contributed by atoms with van der Waals surface area (Å²) >= 11 is 6.20. The van der Waals surface area contributed by atoms with Crippen molar-refractivity contribution in [2.24, 2.45) is 0 Å². The van der Waals surface area contributed by atoms with E-state index in [1.807, 2.05) is 44.2 Å². The third-order valence-corrected chi connectivity index (χ3v) is 8.14. The van der Waals surface area contributed by atoms with Crippen molar-refractivity contribution in [1.29, 1.82) is 0 Å². The van der Waals surface area contributed by atoms with Crippen LogP contribution in [0.15, 0.2) is 89.8 Å². The highest BCUT2D eigenvalue weighted by Crippen LogP contribution is 2.27. The van der Waals surface area contributed by atoms with Crippen molar-refractivity contribution >= 4 is 39.1 Å². The predicted octanol–water partition coefficient (Wildman–Crippen LogP) is 5.26. The predicted molar refractivity (Wildman–Crippen MR) is 151 cm³/mol. The summed E-state index contributed by atoms with van der Waals surface area (Å²) in [4.78, 5) is 28.6. The summed E-state index contributed by atoms with van der Waals surface area (Å²) in [5.74, 6) is -0.753. The monoisotopic (exact) mass is 555 g/mol. The van der Waals surface area contributed by atoms with Crippen LogP contribution in [-0.4, -0.2) is 44.3 Å². The highest BCUT2D eigenvalue weighted by atomic mass is 35.5. The van der Waals surface area contributed by atoms with Gasteiger partial charge in [0.2, 0.25) is 11.8 Å². The van der Waals surface area contributed by atoms with Crippen LogP contribution in [-0.2, 0) is 26.2 Å². The lowest BCUT2D eigenvalue weighted by molar-refractivity contribution is -0.140. The van der Waals surface area contributed by atoms with Crippen molar-refractivity contribution in [2.75, 3.05) is 17.4 Å². The summed E-state index contributed by atoms with van der Waals surface area (Å²) in [5.41, 5.74) is 1.09. The zero-order valence-corrected chi connectivity index (χ0v) is 23.3. The lowest BCUT2D eigenvalue weighted by Crippen LogP contribution is -2.52. The maximum Gasteiger partial charge on any atom is 0.264 e. The second-order valence-corrected chi connectivity index (χ2v) is 11.2. The van der Waals surface area contributed by atoms with Crippen LogP contribution in [0.5, 0.6) is 0 Å². The van der Waals surface area contributed by atoms with E-state index in [2.05, 4.69) is 5.32 Å². The van der Waals surface area contributed by atoms with Crippen molar-refractivity contribution in [3.63, 3.8) is 0 Å². The van der Waals surface area contributed by atoms with Crippen LogP contribution in [0.25, 0.3) is 0 Å². The molecule has 3 aromatic carbocycles. The summed E-state index contributed by atoms with van der Waals surface area (Å²) in [7, 11) is -4.12. The smallest absolute Gasteiger partial charge is 0.264 e. The first-order chi connectivity index (χ1) is 18.3. The van der Waals surface area contributed by atoms with Crippen LogP contribution in [0.4, 0.5) is 5.69 Å². The van der Waals surface area contributed by atoms with Crippen molar-refractivity contribution in [3.8, 4) is 0 Å². The molecule has 3 aromatic rings. The number of carbonyl (C=O) groups is 2. The van der Waals surface area contributed by atoms with E-state index in [0.29, 0.717) is 18.0 Å². The fraction of sp³-hybridized carbons (Fsp3) is 0.310. The van der Waals surface area contributed by atoms with Crippen molar-refractivity contribution in [1.82, 2.24) is 10.2 Å². The van der Waals surface area contributed by atoms with Gasteiger partial charge in [-0.15, -0.1) is 0 Å². The van der Waals surface area contributed by atoms with Gasteiger partial charge in [0.25, 0.3) is 10.0 Å². The molecule has 0 radical (unpaired) electrons. The van der Waals surface area contributed by atoms with Gasteiger partial charge in [0.15, 0.2) is 0 Å². The number of carbonyl (C=O) groups excluding carboxylic acids is 2. The van der Waals surface area contributed by atoms with Crippen LogP contribution in [0.2, 0.25) is 5.02 Å². The first-order valence-corrected chi connectivity index (χ1v) is 14.5. The maximum absolute atomic E-state index is 13.9. The van der Waals surface area contributed by atoms with Crippen molar-refractivity contribution < 1.29 is 18.0 Å². The van der Waals surface area contributed by atoms with Crippen LogP contribution in [0.3, 0.4) is 0 Å². The van der Waals surface area contributed by atoms with Gasteiger partial charge in [0.1, 0.15) is 12.6 Å². The topological polar surface area (TPSA) is 86.8 Å². The summed E-state index contributed by atoms with van der Waals surface area (Å²) in [6.07, 6.45) is 2.13. The first-order valence-electron chi connectivity index (χ1n) is 12.7. The Morgan fingerprint density at radius 2 is 1.58 bits per heavy atom. The molecule has 202 valence electrons. The Labute approximate surface area is 230 Å². The maximum atomic E-state index is 13.9. The Kier molecular flexibility index (Phi) is 10.7. The van der Waals surface area contributed by atoms with Crippen LogP contribution in [0.1, 0.15) is 38.7 Å². The molecule has 7 nitrogen and oxygen atoms in total. The van der Waals surface area contributed by atoms with Crippen LogP contribution < -0.4 is 9.62 Å². The van der Waals surface area contributed by atoms with Gasteiger partial charge < -0.3 is 10.2 Å². The number of anilines is 1. The zero-order chi connectivity index (χ0) is 27.5. The van der Waals surface area contributed by atoms with E-state index < -0.39 is 28.5 Å². The molecular formula is C29H34ClN3O4S. The third kappa shape index (κ3) is 7.58. The molecular weight excluding hydrogens is 522 g/mol. The Hall–Kier alpha value is -3.36. The molecule has 1 N–H and O–H groups in total. The van der Waals surface area contributed by atoms with Gasteiger partial charge in [-0.2, -0.15) is 0 Å². The van der Waals surface area contributed by atoms with Gasteiger partial charge in [-0.1, -0.05) is 86.5 Å². The summed E-state index contributed by atoms with van der Waals surface area (Å²) in [6.45, 7) is 4.05. The number of nitrogens with zero attached hydrogens (tertiary/aromatic N) is 2. The van der Waals surface area contributed by atoms with Gasteiger partial charge in [0.05, 0.1) is 10.6 Å². The number of nitrogens with one attached hydrogen (secondary N) is 1. The van der Waals surface area contributed by atoms with Gasteiger partial charge in [-0.05, 0) is 48.7 Å². The SMILES string of the molecule is CCCCNC(=O)[C@@H](CC)N(Cc1ccccc1)C(=O)CN(c1cccc(Cl)c1)S(=O)(=O)c1ccccc1. The molecule has 3 rings (SSSR count). The van der Waals surface area contributed by atoms with Crippen LogP contribution >= 0.6 is 11.6 Å². The fourth-order valence-corrected chi connectivity index (χ4v) is 5.70. The first kappa shape index (κ1) is 29.2. The molecule has 0 bridgehead atoms. The number of rotatable bonds is 13. The average molecular weight is 556 g/mol. The van der Waals surface area contributed by atoms with E-state index in [4.69, 9.17) is 11.6 Å². The number of sulfonamides is 1. The minimum atomic E-state index is -4.12. The number of amides is 2. The number of hydrogen-bond donors (Lipinski definition) is 1. The van der Waals surface area contributed by atoms with Crippen molar-refractivity contribution in [2.45, 2.75) is 50.6 Å². The van der Waals surface area contributed by atoms with E-state index in [9.17, 15) is 18.0 Å². The molecule has 0 spiro atoms. The lowest BCUT2D eigenvalue weighted by Gasteiger charge is -2.33. The molecule has 2 amide bonds. The van der Waals surface area contributed by atoms with Gasteiger partial charge >= 0.3 is 0 Å². The molecule has 0 saturated carbocycles. The van der Waals surface area contributed by atoms with E-state index in [0.717, 1.165) is 22.7 Å². The number of hydrogen-bond acceptors (Lipinski definition) is 4. The Morgan fingerprint density at radius 3 is 2.18 bits per heavy atom. The quantitative estimate of drug-likeness (QED) is 0.291. The standard InChI is InChI=1S/C29H34ClN3O4S/c1-3-5-19-31-29(35)27(4-2)32(21-23-13-8-6-9-14-23)28(34)22-33(25-16-12-15-24(30)20-25)38(36,37)26-17-10-7-11-18-26/h6-18,20,27H,3-5,19,21-22H2,1-2H3,(H,31,35)/t27-/m1/s1. The fourth-order valence-electron chi connectivity index (χ4n) is 4.09. The Balaban J connectivity index is 2.01. The molecule has 0 unspecified atom stereocenters. The summed E-state index contributed by atoms with van der Waals surface area (Å²) < 4.78 is 28.5. The minimum Gasteiger partial charge on any atom is -0.354 e. The Bertz CT molecular complexity index is 1300. The second-order valence-electron chi connectivity index (χ2n) is 8.88. The molecule has 0 aliphatic rings.